The van der Waals surface area contributed by atoms with Gasteiger partial charge in [0.25, 0.3) is 5.91 Å². The number of benzene rings is 1. The van der Waals surface area contributed by atoms with Crippen molar-refractivity contribution in [3.63, 3.8) is 0 Å². The van der Waals surface area contributed by atoms with Gasteiger partial charge < -0.3 is 10.2 Å². The topological polar surface area (TPSA) is 62.3 Å². The number of hydrogen-bond donors (Lipinski definition) is 1. The van der Waals surface area contributed by atoms with Crippen LogP contribution in [-0.4, -0.2) is 28.6 Å². The van der Waals surface area contributed by atoms with Crippen LogP contribution >= 0.6 is 11.8 Å². The molecule has 5 nitrogen and oxygen atoms in total. The van der Waals surface area contributed by atoms with Gasteiger partial charge in [0.15, 0.2) is 4.75 Å². The second-order valence-corrected chi connectivity index (χ2v) is 6.93. The monoisotopic (exact) mass is 327 g/mol. The molecule has 2 heterocycles. The first-order valence-corrected chi connectivity index (χ1v) is 8.08. The van der Waals surface area contributed by atoms with Crippen molar-refractivity contribution in [1.29, 1.82) is 0 Å². The van der Waals surface area contributed by atoms with Crippen LogP contribution in [0.4, 0.5) is 5.69 Å². The Hall–Kier alpha value is -2.34. The van der Waals surface area contributed by atoms with E-state index in [-0.39, 0.29) is 11.8 Å². The lowest BCUT2D eigenvalue weighted by Crippen LogP contribution is -2.55. The Balaban J connectivity index is 1.81. The molecule has 1 atom stereocenters. The molecule has 1 N–H and O–H groups in total. The third kappa shape index (κ3) is 2.82. The predicted molar refractivity (Wildman–Crippen MR) is 90.2 cm³/mol. The highest BCUT2D eigenvalue weighted by Gasteiger charge is 2.48. The second kappa shape index (κ2) is 6.04. The second-order valence-electron chi connectivity index (χ2n) is 5.47. The smallest absolute Gasteiger partial charge is 0.252 e. The molecule has 1 aliphatic heterocycles. The number of rotatable bonds is 3. The van der Waals surface area contributed by atoms with Crippen molar-refractivity contribution < 1.29 is 9.59 Å². The fourth-order valence-corrected chi connectivity index (χ4v) is 3.78. The number of pyridine rings is 1. The number of anilines is 1. The standard InChI is InChI=1S/C17H17N3O2S/c1-17(15(21)19-11-12-7-5-6-10-18-12)16(22)20(2)13-8-3-4-9-14(13)23-17/h3-10H,11H2,1-2H3,(H,19,21)/t17-/m0/s1. The maximum atomic E-state index is 12.7. The van der Waals surface area contributed by atoms with Crippen molar-refractivity contribution in [3.8, 4) is 0 Å². The lowest BCUT2D eigenvalue weighted by atomic mass is 10.1. The van der Waals surface area contributed by atoms with Gasteiger partial charge >= 0.3 is 0 Å². The van der Waals surface area contributed by atoms with Gasteiger partial charge in [-0.1, -0.05) is 30.0 Å². The van der Waals surface area contributed by atoms with Crippen LogP contribution in [-0.2, 0) is 16.1 Å². The van der Waals surface area contributed by atoms with E-state index in [1.54, 1.807) is 25.1 Å². The van der Waals surface area contributed by atoms with Crippen molar-refractivity contribution in [2.75, 3.05) is 11.9 Å². The summed E-state index contributed by atoms with van der Waals surface area (Å²) in [4.78, 5) is 32.0. The quantitative estimate of drug-likeness (QED) is 0.878. The van der Waals surface area contributed by atoms with Crippen molar-refractivity contribution >= 4 is 29.3 Å². The molecule has 1 aliphatic rings. The lowest BCUT2D eigenvalue weighted by Gasteiger charge is -2.36. The zero-order valence-electron chi connectivity index (χ0n) is 12.9. The van der Waals surface area contributed by atoms with E-state index in [0.717, 1.165) is 16.3 Å². The van der Waals surface area contributed by atoms with E-state index in [0.29, 0.717) is 6.54 Å². The van der Waals surface area contributed by atoms with Crippen LogP contribution in [0, 0.1) is 0 Å². The number of fused-ring (bicyclic) bond motifs is 1. The van der Waals surface area contributed by atoms with E-state index < -0.39 is 4.75 Å². The summed E-state index contributed by atoms with van der Waals surface area (Å²) in [6.07, 6.45) is 1.67. The van der Waals surface area contributed by atoms with Gasteiger partial charge in [0.1, 0.15) is 0 Å². The molecule has 1 aromatic heterocycles. The van der Waals surface area contributed by atoms with Crippen molar-refractivity contribution in [3.05, 3.63) is 54.4 Å². The third-order valence-electron chi connectivity index (χ3n) is 3.84. The van der Waals surface area contributed by atoms with E-state index in [4.69, 9.17) is 0 Å². The number of carbonyl (C=O) groups excluding carboxylic acids is 2. The van der Waals surface area contributed by atoms with Gasteiger partial charge in [0, 0.05) is 18.1 Å². The molecule has 6 heteroatoms. The summed E-state index contributed by atoms with van der Waals surface area (Å²) in [6.45, 7) is 1.97. The molecule has 3 rings (SSSR count). The minimum Gasteiger partial charge on any atom is -0.349 e. The molecular formula is C17H17N3O2S. The number of hydrogen-bond acceptors (Lipinski definition) is 4. The van der Waals surface area contributed by atoms with Gasteiger partial charge in [-0.2, -0.15) is 0 Å². The van der Waals surface area contributed by atoms with Crippen molar-refractivity contribution in [2.24, 2.45) is 0 Å². The summed E-state index contributed by atoms with van der Waals surface area (Å²) >= 11 is 1.29. The van der Waals surface area contributed by atoms with Crippen LogP contribution < -0.4 is 10.2 Å². The van der Waals surface area contributed by atoms with Gasteiger partial charge in [-0.05, 0) is 31.2 Å². The Kier molecular flexibility index (Phi) is 4.09. The fourth-order valence-electron chi connectivity index (χ4n) is 2.50. The molecule has 0 saturated carbocycles. The number of nitrogens with one attached hydrogen (secondary N) is 1. The normalized spacial score (nSPS) is 20.1. The van der Waals surface area contributed by atoms with Gasteiger partial charge in [0.2, 0.25) is 5.91 Å². The maximum absolute atomic E-state index is 12.7. The zero-order chi connectivity index (χ0) is 16.4. The summed E-state index contributed by atoms with van der Waals surface area (Å²) in [7, 11) is 1.70. The molecule has 1 aromatic carbocycles. The number of nitrogens with zero attached hydrogens (tertiary/aromatic N) is 2. The van der Waals surface area contributed by atoms with Gasteiger partial charge in [-0.15, -0.1) is 0 Å². The number of thioether (sulfide) groups is 1. The third-order valence-corrected chi connectivity index (χ3v) is 5.18. The van der Waals surface area contributed by atoms with Crippen molar-refractivity contribution in [2.45, 2.75) is 23.1 Å². The first-order valence-electron chi connectivity index (χ1n) is 7.27. The van der Waals surface area contributed by atoms with E-state index in [9.17, 15) is 9.59 Å². The van der Waals surface area contributed by atoms with Gasteiger partial charge in [-0.3, -0.25) is 14.6 Å². The number of aromatic nitrogens is 1. The number of amides is 2. The van der Waals surface area contributed by atoms with Crippen LogP contribution in [0.2, 0.25) is 0 Å². The van der Waals surface area contributed by atoms with E-state index >= 15 is 0 Å². The summed E-state index contributed by atoms with van der Waals surface area (Å²) in [6, 6.07) is 13.1. The first-order chi connectivity index (χ1) is 11.0. The molecule has 0 aliphatic carbocycles. The summed E-state index contributed by atoms with van der Waals surface area (Å²) < 4.78 is -1.18. The van der Waals surface area contributed by atoms with Crippen LogP contribution in [0.15, 0.2) is 53.6 Å². The Labute approximate surface area is 139 Å². The Bertz CT molecular complexity index is 751. The molecule has 23 heavy (non-hydrogen) atoms. The molecule has 0 radical (unpaired) electrons. The zero-order valence-corrected chi connectivity index (χ0v) is 13.8. The molecule has 0 fully saturated rings. The fraction of sp³-hybridized carbons (Fsp3) is 0.235. The van der Waals surface area contributed by atoms with E-state index in [2.05, 4.69) is 10.3 Å². The number of carbonyl (C=O) groups is 2. The molecule has 0 unspecified atom stereocenters. The average Bonchev–Trinajstić information content (AvgIpc) is 2.58. The highest BCUT2D eigenvalue weighted by molar-refractivity contribution is 8.02. The van der Waals surface area contributed by atoms with Crippen LogP contribution in [0.3, 0.4) is 0 Å². The summed E-state index contributed by atoms with van der Waals surface area (Å²) in [5.41, 5.74) is 1.59. The average molecular weight is 327 g/mol. The molecular weight excluding hydrogens is 310 g/mol. The Morgan fingerprint density at radius 3 is 2.74 bits per heavy atom. The SMILES string of the molecule is CN1C(=O)[C@](C)(C(=O)NCc2ccccn2)Sc2ccccc21. The Morgan fingerprint density at radius 2 is 2.00 bits per heavy atom. The Morgan fingerprint density at radius 1 is 1.26 bits per heavy atom. The largest absolute Gasteiger partial charge is 0.349 e. The van der Waals surface area contributed by atoms with Gasteiger partial charge in [0.05, 0.1) is 17.9 Å². The highest BCUT2D eigenvalue weighted by atomic mass is 32.2. The molecule has 2 aromatic rings. The number of para-hydroxylation sites is 1. The van der Waals surface area contributed by atoms with E-state index in [1.165, 1.54) is 11.8 Å². The highest BCUT2D eigenvalue weighted by Crippen LogP contribution is 2.44. The molecule has 0 spiro atoms. The molecule has 0 bridgehead atoms. The van der Waals surface area contributed by atoms with Crippen LogP contribution in [0.5, 0.6) is 0 Å². The van der Waals surface area contributed by atoms with Gasteiger partial charge in [-0.25, -0.2) is 0 Å². The minimum absolute atomic E-state index is 0.222. The molecule has 0 saturated heterocycles. The first kappa shape index (κ1) is 15.6. The minimum atomic E-state index is -1.18. The lowest BCUT2D eigenvalue weighted by molar-refractivity contribution is -0.131. The maximum Gasteiger partial charge on any atom is 0.252 e. The van der Waals surface area contributed by atoms with Crippen LogP contribution in [0.1, 0.15) is 12.6 Å². The summed E-state index contributed by atoms with van der Waals surface area (Å²) in [5.74, 6) is -0.528. The van der Waals surface area contributed by atoms with Crippen molar-refractivity contribution in [1.82, 2.24) is 10.3 Å². The molecule has 118 valence electrons. The predicted octanol–water partition coefficient (Wildman–Crippen LogP) is 2.23. The summed E-state index contributed by atoms with van der Waals surface area (Å²) in [5, 5.41) is 2.82. The molecule has 2 amide bonds. The van der Waals surface area contributed by atoms with E-state index in [1.807, 2.05) is 42.5 Å². The van der Waals surface area contributed by atoms with Crippen LogP contribution in [0.25, 0.3) is 0 Å².